The number of rotatable bonds is 93. The second-order valence-corrected chi connectivity index (χ2v) is 35.7. The standard InChI is InChI=1S/C105H180O16P2/c1-4-7-10-13-16-19-22-25-28-31-34-37-39-41-43-45-47-49-51-53-55-57-59-62-64-67-70-73-76-79-82-85-88-91-103(108)115-94-100(106)95-117-122(111,112)118-96-101(107)97-119-123(113,114)120-99-102(121-105(110)93-90-87-84-81-78-75-72-69-66-61-36-33-30-27-24-21-18-15-12-9-6-3)98-116-104(109)92-89-86-83-80-77-74-71-68-65-63-60-58-56-54-52-50-48-46-44-42-40-38-35-32-29-26-23-20-17-14-11-8-5-2/h7-8,10-11,16-21,25-30,34-38,41-44,61,69,72,100-102,106-107H,4-6,9,12-15,22-24,31-33,39-40,45-60,62-68,70-71,73-99H2,1-3H3,(H,111,112)(H,113,114)/b10-7-,11-8-,19-16-,20-17-,21-18-,28-25-,29-26-,30-27-,37-34-,38-35-,43-41-,44-42-,61-36-,72-69-. The number of ether oxygens (including phenoxy) is 3. The highest BCUT2D eigenvalue weighted by Crippen LogP contribution is 2.45. The Labute approximate surface area is 752 Å². The number of allylic oxidation sites excluding steroid dienone is 28. The van der Waals surface area contributed by atoms with Crippen molar-refractivity contribution in [2.45, 2.75) is 437 Å². The summed E-state index contributed by atoms with van der Waals surface area (Å²) >= 11 is 0. The van der Waals surface area contributed by atoms with Crippen LogP contribution in [-0.2, 0) is 55.8 Å². The lowest BCUT2D eigenvalue weighted by molar-refractivity contribution is -0.161. The highest BCUT2D eigenvalue weighted by Gasteiger charge is 2.30. The maximum absolute atomic E-state index is 13.1. The molecule has 0 radical (unpaired) electrons. The Bertz CT molecular complexity index is 2920. The van der Waals surface area contributed by atoms with Crippen LogP contribution >= 0.6 is 15.6 Å². The zero-order chi connectivity index (χ0) is 89.3. The highest BCUT2D eigenvalue weighted by atomic mass is 31.2. The number of phosphoric acid groups is 2. The minimum atomic E-state index is -4.95. The predicted octanol–water partition coefficient (Wildman–Crippen LogP) is 31.0. The first-order valence-corrected chi connectivity index (χ1v) is 52.4. The molecule has 0 fully saturated rings. The summed E-state index contributed by atoms with van der Waals surface area (Å²) in [7, 11) is -9.82. The molecule has 0 aromatic heterocycles. The number of aliphatic hydroxyl groups excluding tert-OH is 2. The second kappa shape index (κ2) is 96.0. The maximum Gasteiger partial charge on any atom is 0.472 e. The number of hydrogen-bond donors (Lipinski definition) is 4. The van der Waals surface area contributed by atoms with Crippen molar-refractivity contribution in [1.82, 2.24) is 0 Å². The monoisotopic (exact) mass is 1760 g/mol. The van der Waals surface area contributed by atoms with Gasteiger partial charge >= 0.3 is 33.6 Å². The molecule has 0 aromatic carbocycles. The lowest BCUT2D eigenvalue weighted by atomic mass is 10.0. The van der Waals surface area contributed by atoms with E-state index in [1.54, 1.807) is 0 Å². The number of phosphoric ester groups is 2. The topological polar surface area (TPSA) is 231 Å². The van der Waals surface area contributed by atoms with Crippen molar-refractivity contribution in [3.63, 3.8) is 0 Å². The summed E-state index contributed by atoms with van der Waals surface area (Å²) in [6.07, 6.45) is 126. The van der Waals surface area contributed by atoms with E-state index in [0.29, 0.717) is 19.3 Å². The van der Waals surface area contributed by atoms with Gasteiger partial charge in [0.1, 0.15) is 25.4 Å². The van der Waals surface area contributed by atoms with Gasteiger partial charge in [-0.05, 0) is 154 Å². The predicted molar refractivity (Wildman–Crippen MR) is 519 cm³/mol. The lowest BCUT2D eigenvalue weighted by Gasteiger charge is -2.21. The van der Waals surface area contributed by atoms with Crippen molar-refractivity contribution in [2.75, 3.05) is 39.6 Å². The molecule has 5 unspecified atom stereocenters. The van der Waals surface area contributed by atoms with E-state index in [2.05, 4.69) is 191 Å². The molecule has 18 heteroatoms. The Hall–Kier alpha value is -5.09. The Kier molecular flexibility index (Phi) is 92.0. The Balaban J connectivity index is 4.55. The zero-order valence-electron chi connectivity index (χ0n) is 78.1. The fourth-order valence-corrected chi connectivity index (χ4v) is 15.1. The molecule has 16 nitrogen and oxygen atoms in total. The molecular formula is C105H180O16P2. The van der Waals surface area contributed by atoms with Gasteiger partial charge in [-0.25, -0.2) is 9.13 Å². The van der Waals surface area contributed by atoms with Gasteiger partial charge < -0.3 is 34.2 Å². The second-order valence-electron chi connectivity index (χ2n) is 32.8. The lowest BCUT2D eigenvalue weighted by Crippen LogP contribution is -2.30. The van der Waals surface area contributed by atoms with Crippen LogP contribution < -0.4 is 0 Å². The van der Waals surface area contributed by atoms with E-state index in [0.717, 1.165) is 161 Å². The minimum absolute atomic E-state index is 0.0816. The number of esters is 3. The molecule has 706 valence electrons. The molecule has 0 saturated carbocycles. The van der Waals surface area contributed by atoms with E-state index in [1.807, 2.05) is 0 Å². The van der Waals surface area contributed by atoms with Crippen molar-refractivity contribution in [3.8, 4) is 0 Å². The molecule has 0 saturated heterocycles. The van der Waals surface area contributed by atoms with Crippen LogP contribution in [0.15, 0.2) is 170 Å². The minimum Gasteiger partial charge on any atom is -0.463 e. The summed E-state index contributed by atoms with van der Waals surface area (Å²) in [4.78, 5) is 59.1. The summed E-state index contributed by atoms with van der Waals surface area (Å²) in [6, 6.07) is 0. The van der Waals surface area contributed by atoms with E-state index in [1.165, 1.54) is 199 Å². The van der Waals surface area contributed by atoms with Crippen molar-refractivity contribution >= 4 is 33.6 Å². The zero-order valence-corrected chi connectivity index (χ0v) is 79.9. The third-order valence-electron chi connectivity index (χ3n) is 20.9. The molecule has 0 spiro atoms. The molecule has 0 amide bonds. The first-order valence-electron chi connectivity index (χ1n) is 49.4. The SMILES string of the molecule is CC/C=C\C/C=C\C/C=C\C/C=C\C/C=C\CCCCCCCCCCCCCCCCCCCC(=O)OCC(O)COP(=O)(O)OCC(O)COP(=O)(O)OCC(COC(=O)CCCCCCCCCCCCCCCCCCC/C=C\C/C=C\C/C=C\C/C=C\C/C=C\CC)OC(=O)CCCCCCC/C=C\C/C=C\C/C=C\C/C=C\CCCCC. The molecule has 4 N–H and O–H groups in total. The summed E-state index contributed by atoms with van der Waals surface area (Å²) in [5.74, 6) is -1.58. The third kappa shape index (κ3) is 97.4. The molecular weight excluding hydrogens is 1580 g/mol. The number of carbonyl (C=O) groups is 3. The summed E-state index contributed by atoms with van der Waals surface area (Å²) < 4.78 is 61.6. The smallest absolute Gasteiger partial charge is 0.463 e. The highest BCUT2D eigenvalue weighted by molar-refractivity contribution is 7.47. The van der Waals surface area contributed by atoms with Crippen LogP contribution in [0.3, 0.4) is 0 Å². The number of hydrogen-bond acceptors (Lipinski definition) is 14. The number of aliphatic hydroxyl groups is 2. The Morgan fingerprint density at radius 3 is 0.683 bits per heavy atom. The Morgan fingerprint density at radius 2 is 0.431 bits per heavy atom. The summed E-state index contributed by atoms with van der Waals surface area (Å²) in [5.41, 5.74) is 0. The molecule has 0 aromatic rings. The normalized spacial score (nSPS) is 14.4. The van der Waals surface area contributed by atoms with Crippen molar-refractivity contribution in [1.29, 1.82) is 0 Å². The Morgan fingerprint density at radius 1 is 0.236 bits per heavy atom. The van der Waals surface area contributed by atoms with Gasteiger partial charge in [0.15, 0.2) is 6.10 Å². The van der Waals surface area contributed by atoms with Gasteiger partial charge in [0.05, 0.1) is 26.4 Å². The maximum atomic E-state index is 13.1. The van der Waals surface area contributed by atoms with Crippen molar-refractivity contribution < 1.29 is 75.8 Å². The summed E-state index contributed by atoms with van der Waals surface area (Å²) in [6.45, 7) is 2.47. The molecule has 0 rings (SSSR count). The van der Waals surface area contributed by atoms with Crippen LogP contribution in [0.4, 0.5) is 0 Å². The van der Waals surface area contributed by atoms with E-state index in [4.69, 9.17) is 32.3 Å². The van der Waals surface area contributed by atoms with Crippen molar-refractivity contribution in [2.24, 2.45) is 0 Å². The third-order valence-corrected chi connectivity index (χ3v) is 22.8. The van der Waals surface area contributed by atoms with E-state index in [9.17, 15) is 43.5 Å². The van der Waals surface area contributed by atoms with Crippen LogP contribution in [0.25, 0.3) is 0 Å². The average Bonchev–Trinajstić information content (AvgIpc) is 0.900. The molecule has 0 aliphatic heterocycles. The first kappa shape index (κ1) is 118. The number of unbranched alkanes of at least 4 members (excludes halogenated alkanes) is 42. The molecule has 0 bridgehead atoms. The van der Waals surface area contributed by atoms with Gasteiger partial charge in [-0.2, -0.15) is 0 Å². The van der Waals surface area contributed by atoms with Gasteiger partial charge in [0.25, 0.3) is 0 Å². The fourth-order valence-electron chi connectivity index (χ4n) is 13.5. The average molecular weight is 1760 g/mol. The van der Waals surface area contributed by atoms with Crippen LogP contribution in [0, 0.1) is 0 Å². The fraction of sp³-hybridized carbons (Fsp3) is 0.705. The van der Waals surface area contributed by atoms with Gasteiger partial charge in [0, 0.05) is 19.3 Å². The van der Waals surface area contributed by atoms with Crippen LogP contribution in [0.5, 0.6) is 0 Å². The van der Waals surface area contributed by atoms with Gasteiger partial charge in [-0.3, -0.25) is 32.5 Å². The molecule has 0 aliphatic carbocycles. The van der Waals surface area contributed by atoms with Crippen LogP contribution in [-0.4, -0.2) is 95.9 Å². The van der Waals surface area contributed by atoms with E-state index >= 15 is 0 Å². The quantitative estimate of drug-likeness (QED) is 0.0146. The summed E-state index contributed by atoms with van der Waals surface area (Å²) in [5, 5.41) is 20.8. The molecule has 5 atom stereocenters. The van der Waals surface area contributed by atoms with Crippen molar-refractivity contribution in [3.05, 3.63) is 170 Å². The molecule has 0 aliphatic rings. The van der Waals surface area contributed by atoms with Gasteiger partial charge in [0.2, 0.25) is 0 Å². The molecule has 123 heavy (non-hydrogen) atoms. The molecule has 0 heterocycles. The first-order chi connectivity index (χ1) is 60.2. The van der Waals surface area contributed by atoms with Gasteiger partial charge in [-0.1, -0.05) is 416 Å². The van der Waals surface area contributed by atoms with E-state index in [-0.39, 0.29) is 19.3 Å². The van der Waals surface area contributed by atoms with Gasteiger partial charge in [-0.15, -0.1) is 0 Å². The van der Waals surface area contributed by atoms with E-state index < -0.39 is 91.5 Å². The number of carbonyl (C=O) groups excluding carboxylic acids is 3. The van der Waals surface area contributed by atoms with Crippen LogP contribution in [0.1, 0.15) is 419 Å². The largest absolute Gasteiger partial charge is 0.472 e. The van der Waals surface area contributed by atoms with Crippen LogP contribution in [0.2, 0.25) is 0 Å².